The quantitative estimate of drug-likeness (QED) is 0.176. The molecule has 0 saturated heterocycles. The number of hydrogen-bond acceptors (Lipinski definition) is 1. The van der Waals surface area contributed by atoms with Crippen molar-refractivity contribution in [2.45, 2.75) is 6.42 Å². The van der Waals surface area contributed by atoms with Crippen LogP contribution in [0.2, 0.25) is 0 Å². The Hall–Kier alpha value is 0.297. The molecule has 0 fully saturated rings. The standard InChI is InChI=1S/C5H9O.Li/c1-3-4-5-6-2;/h3H,1-2,4-5H2;/q-1;+1. The maximum atomic E-state index is 4.46. The molecule has 0 amide bonds. The van der Waals surface area contributed by atoms with Gasteiger partial charge in [0.05, 0.1) is 0 Å². The number of ether oxygens (including phenoxy) is 1. The molecule has 2 heteroatoms. The Balaban J connectivity index is 0. The van der Waals surface area contributed by atoms with Crippen LogP contribution in [0.4, 0.5) is 0 Å². The van der Waals surface area contributed by atoms with E-state index in [0.717, 1.165) is 6.42 Å². The van der Waals surface area contributed by atoms with Crippen LogP contribution in [0.5, 0.6) is 0 Å². The van der Waals surface area contributed by atoms with Crippen molar-refractivity contribution in [1.82, 2.24) is 0 Å². The fourth-order valence-corrected chi connectivity index (χ4v) is 0.167. The van der Waals surface area contributed by atoms with Crippen LogP contribution in [0.1, 0.15) is 6.42 Å². The summed E-state index contributed by atoms with van der Waals surface area (Å²) in [6.45, 7) is 4.17. The molecule has 0 aliphatic rings. The summed E-state index contributed by atoms with van der Waals surface area (Å²) in [5.74, 6) is 0. The molecule has 0 aromatic carbocycles. The van der Waals surface area contributed by atoms with Crippen LogP contribution in [0.15, 0.2) is 12.7 Å². The van der Waals surface area contributed by atoms with Crippen LogP contribution in [-0.4, -0.2) is 6.61 Å². The van der Waals surface area contributed by atoms with E-state index in [1.807, 2.05) is 0 Å². The maximum Gasteiger partial charge on any atom is 1.00 e. The molecule has 0 heterocycles. The molecule has 7 heavy (non-hydrogen) atoms. The summed E-state index contributed by atoms with van der Waals surface area (Å²) in [5.41, 5.74) is 0. The molecule has 0 bridgehead atoms. The molecule has 0 unspecified atom stereocenters. The third kappa shape index (κ3) is 10.7. The second kappa shape index (κ2) is 9.57. The molecule has 1 nitrogen and oxygen atoms in total. The number of hydrogen-bond donors (Lipinski definition) is 0. The molecule has 0 rings (SSSR count). The molecule has 0 spiro atoms. The van der Waals surface area contributed by atoms with E-state index in [1.54, 1.807) is 6.08 Å². The van der Waals surface area contributed by atoms with Crippen molar-refractivity contribution in [2.75, 3.05) is 6.61 Å². The van der Waals surface area contributed by atoms with Crippen molar-refractivity contribution in [3.63, 3.8) is 0 Å². The van der Waals surface area contributed by atoms with E-state index < -0.39 is 0 Å². The zero-order chi connectivity index (χ0) is 4.83. The molecule has 0 aliphatic carbocycles. The minimum atomic E-state index is 0. The van der Waals surface area contributed by atoms with Gasteiger partial charge in [0.25, 0.3) is 0 Å². The Labute approximate surface area is 56.9 Å². The SMILES string of the molecule is C=CCCO[CH2-].[Li+]. The van der Waals surface area contributed by atoms with Gasteiger partial charge in [-0.15, -0.1) is 6.58 Å². The minimum Gasteiger partial charge on any atom is -0.555 e. The first-order chi connectivity index (χ1) is 2.91. The van der Waals surface area contributed by atoms with Crippen molar-refractivity contribution >= 4 is 0 Å². The van der Waals surface area contributed by atoms with Crippen molar-refractivity contribution < 1.29 is 23.6 Å². The Morgan fingerprint density at radius 1 is 1.71 bits per heavy atom. The third-order valence-corrected chi connectivity index (χ3v) is 0.466. The van der Waals surface area contributed by atoms with Crippen LogP contribution < -0.4 is 18.9 Å². The summed E-state index contributed by atoms with van der Waals surface area (Å²) in [4.78, 5) is 0. The van der Waals surface area contributed by atoms with E-state index >= 15 is 0 Å². The Morgan fingerprint density at radius 3 is 2.43 bits per heavy atom. The predicted molar refractivity (Wildman–Crippen MR) is 26.1 cm³/mol. The second-order valence-corrected chi connectivity index (χ2v) is 0.986. The van der Waals surface area contributed by atoms with Gasteiger partial charge in [-0.3, -0.25) is 0 Å². The van der Waals surface area contributed by atoms with Crippen LogP contribution in [0.3, 0.4) is 0 Å². The van der Waals surface area contributed by atoms with Crippen molar-refractivity contribution in [1.29, 1.82) is 0 Å². The van der Waals surface area contributed by atoms with Gasteiger partial charge in [0.15, 0.2) is 0 Å². The van der Waals surface area contributed by atoms with Crippen molar-refractivity contribution in [3.8, 4) is 0 Å². The first-order valence-corrected chi connectivity index (χ1v) is 1.89. The molecule has 0 N–H and O–H groups in total. The van der Waals surface area contributed by atoms with Crippen LogP contribution >= 0.6 is 0 Å². The van der Waals surface area contributed by atoms with Gasteiger partial charge >= 0.3 is 18.9 Å². The van der Waals surface area contributed by atoms with Crippen LogP contribution in [0, 0.1) is 7.11 Å². The summed E-state index contributed by atoms with van der Waals surface area (Å²) in [6.07, 6.45) is 2.69. The van der Waals surface area contributed by atoms with Crippen molar-refractivity contribution in [3.05, 3.63) is 19.8 Å². The van der Waals surface area contributed by atoms with Gasteiger partial charge in [-0.25, -0.2) is 7.11 Å². The maximum absolute atomic E-state index is 4.46. The normalized spacial score (nSPS) is 7.00. The topological polar surface area (TPSA) is 9.23 Å². The average Bonchev–Trinajstić information content (AvgIpc) is 1.61. The minimum absolute atomic E-state index is 0. The third-order valence-electron chi connectivity index (χ3n) is 0.466. The molecule has 0 radical (unpaired) electrons. The van der Waals surface area contributed by atoms with E-state index in [-0.39, 0.29) is 18.9 Å². The van der Waals surface area contributed by atoms with E-state index in [0.29, 0.717) is 6.61 Å². The molecule has 0 saturated carbocycles. The Morgan fingerprint density at radius 2 is 2.29 bits per heavy atom. The van der Waals surface area contributed by atoms with E-state index in [2.05, 4.69) is 18.4 Å². The van der Waals surface area contributed by atoms with E-state index in [1.165, 1.54) is 0 Å². The van der Waals surface area contributed by atoms with E-state index in [9.17, 15) is 0 Å². The van der Waals surface area contributed by atoms with Gasteiger partial charge in [-0.2, -0.15) is 0 Å². The van der Waals surface area contributed by atoms with Crippen molar-refractivity contribution in [2.24, 2.45) is 0 Å². The zero-order valence-electron chi connectivity index (χ0n) is 4.81. The summed E-state index contributed by atoms with van der Waals surface area (Å²) >= 11 is 0. The Kier molecular flexibility index (Phi) is 14.1. The summed E-state index contributed by atoms with van der Waals surface area (Å²) in [7, 11) is 3.18. The monoisotopic (exact) mass is 92.1 g/mol. The van der Waals surface area contributed by atoms with Crippen LogP contribution in [0.25, 0.3) is 0 Å². The molecular formula is C5H9LiO. The molecular weight excluding hydrogens is 83.0 g/mol. The van der Waals surface area contributed by atoms with Crippen LogP contribution in [-0.2, 0) is 4.74 Å². The smallest absolute Gasteiger partial charge is 0.555 e. The van der Waals surface area contributed by atoms with Gasteiger partial charge in [0.1, 0.15) is 0 Å². The molecule has 0 aliphatic heterocycles. The van der Waals surface area contributed by atoms with Gasteiger partial charge in [0, 0.05) is 6.61 Å². The fourth-order valence-electron chi connectivity index (χ4n) is 0.167. The van der Waals surface area contributed by atoms with Gasteiger partial charge in [-0.1, -0.05) is 6.08 Å². The van der Waals surface area contributed by atoms with E-state index in [4.69, 9.17) is 0 Å². The molecule has 36 valence electrons. The number of rotatable bonds is 3. The summed E-state index contributed by atoms with van der Waals surface area (Å²) in [5, 5.41) is 0. The molecule has 0 aromatic rings. The van der Waals surface area contributed by atoms with Gasteiger partial charge in [-0.05, 0) is 6.42 Å². The summed E-state index contributed by atoms with van der Waals surface area (Å²) < 4.78 is 4.46. The average molecular weight is 92.1 g/mol. The zero-order valence-corrected chi connectivity index (χ0v) is 4.81. The first kappa shape index (κ1) is 10.3. The molecule has 0 atom stereocenters. The second-order valence-electron chi connectivity index (χ2n) is 0.986. The largest absolute Gasteiger partial charge is 1.00 e. The predicted octanol–water partition coefficient (Wildman–Crippen LogP) is -1.63. The van der Waals surface area contributed by atoms with Gasteiger partial charge in [0.2, 0.25) is 0 Å². The molecule has 0 aromatic heterocycles. The fraction of sp³-hybridized carbons (Fsp3) is 0.400. The first-order valence-electron chi connectivity index (χ1n) is 1.89. The summed E-state index contributed by atoms with van der Waals surface area (Å²) in [6, 6.07) is 0. The van der Waals surface area contributed by atoms with Gasteiger partial charge < -0.3 is 4.74 Å². The Bertz CT molecular complexity index is 37.1.